The molecule has 0 spiro atoms. The first-order valence-corrected chi connectivity index (χ1v) is 7.97. The van der Waals surface area contributed by atoms with Crippen LogP contribution >= 0.6 is 0 Å². The fraction of sp³-hybridized carbons (Fsp3) is 0.158. The van der Waals surface area contributed by atoms with Crippen LogP contribution in [-0.2, 0) is 6.42 Å². The van der Waals surface area contributed by atoms with Gasteiger partial charge in [-0.2, -0.15) is 8.78 Å². The Kier molecular flexibility index (Phi) is 5.26. The molecule has 3 rings (SSSR count). The summed E-state index contributed by atoms with van der Waals surface area (Å²) in [7, 11) is 0. The van der Waals surface area contributed by atoms with Crippen LogP contribution in [0.3, 0.4) is 0 Å². The molecule has 1 aromatic heterocycles. The highest BCUT2D eigenvalue weighted by Crippen LogP contribution is 2.15. The Balaban J connectivity index is 1.60. The van der Waals surface area contributed by atoms with Crippen LogP contribution in [0.1, 0.15) is 16.1 Å². The second-order valence-corrected chi connectivity index (χ2v) is 5.63. The fourth-order valence-corrected chi connectivity index (χ4v) is 2.59. The molecule has 1 heterocycles. The van der Waals surface area contributed by atoms with Gasteiger partial charge >= 0.3 is 6.61 Å². The minimum Gasteiger partial charge on any atom is -0.435 e. The van der Waals surface area contributed by atoms with E-state index in [-0.39, 0.29) is 22.9 Å². The average molecular weight is 358 g/mol. The van der Waals surface area contributed by atoms with Gasteiger partial charge in [0.15, 0.2) is 0 Å². The van der Waals surface area contributed by atoms with Crippen molar-refractivity contribution in [3.05, 3.63) is 76.2 Å². The SMILES string of the molecule is O=C(NCCc1ccc(OC(F)F)cc1)c1cc2ccccc2c(=O)[nH]1. The highest BCUT2D eigenvalue weighted by Gasteiger charge is 2.09. The number of aromatic amines is 1. The predicted octanol–water partition coefficient (Wildman–Crippen LogP) is 3.10. The molecule has 0 atom stereocenters. The molecule has 0 aliphatic carbocycles. The molecule has 3 aromatic rings. The Labute approximate surface area is 147 Å². The van der Waals surface area contributed by atoms with E-state index in [0.717, 1.165) is 5.56 Å². The third kappa shape index (κ3) is 4.24. The highest BCUT2D eigenvalue weighted by atomic mass is 19.3. The maximum Gasteiger partial charge on any atom is 0.387 e. The first-order valence-electron chi connectivity index (χ1n) is 7.97. The number of carbonyl (C=O) groups excluding carboxylic acids is 1. The Morgan fingerprint density at radius 2 is 1.85 bits per heavy atom. The van der Waals surface area contributed by atoms with Crippen molar-refractivity contribution in [2.24, 2.45) is 0 Å². The molecule has 0 aliphatic rings. The van der Waals surface area contributed by atoms with E-state index in [2.05, 4.69) is 15.0 Å². The van der Waals surface area contributed by atoms with Crippen LogP contribution in [0, 0.1) is 0 Å². The van der Waals surface area contributed by atoms with Crippen molar-refractivity contribution in [1.82, 2.24) is 10.3 Å². The number of halogens is 2. The molecular weight excluding hydrogens is 342 g/mol. The van der Waals surface area contributed by atoms with Gasteiger partial charge in [-0.25, -0.2) is 0 Å². The van der Waals surface area contributed by atoms with Gasteiger partial charge < -0.3 is 15.0 Å². The number of benzene rings is 2. The minimum atomic E-state index is -2.86. The maximum atomic E-state index is 12.2. The zero-order valence-corrected chi connectivity index (χ0v) is 13.7. The molecule has 1 amide bonds. The summed E-state index contributed by atoms with van der Waals surface area (Å²) in [5, 5.41) is 3.94. The van der Waals surface area contributed by atoms with E-state index in [9.17, 15) is 18.4 Å². The van der Waals surface area contributed by atoms with Crippen molar-refractivity contribution in [1.29, 1.82) is 0 Å². The van der Waals surface area contributed by atoms with Gasteiger partial charge in [-0.3, -0.25) is 9.59 Å². The molecule has 0 aliphatic heterocycles. The first-order chi connectivity index (χ1) is 12.5. The largest absolute Gasteiger partial charge is 0.435 e. The van der Waals surface area contributed by atoms with Crippen molar-refractivity contribution in [3.63, 3.8) is 0 Å². The van der Waals surface area contributed by atoms with Gasteiger partial charge in [0.2, 0.25) is 0 Å². The van der Waals surface area contributed by atoms with E-state index in [1.54, 1.807) is 42.5 Å². The summed E-state index contributed by atoms with van der Waals surface area (Å²) in [5.41, 5.74) is 0.733. The van der Waals surface area contributed by atoms with Crippen LogP contribution in [0.4, 0.5) is 8.78 Å². The van der Waals surface area contributed by atoms with Crippen LogP contribution in [0.5, 0.6) is 5.75 Å². The van der Waals surface area contributed by atoms with Crippen LogP contribution in [0.2, 0.25) is 0 Å². The summed E-state index contributed by atoms with van der Waals surface area (Å²) in [6, 6.07) is 14.8. The molecule has 134 valence electrons. The van der Waals surface area contributed by atoms with Gasteiger partial charge in [0.1, 0.15) is 11.4 Å². The maximum absolute atomic E-state index is 12.2. The number of amides is 1. The molecule has 7 heteroatoms. The lowest BCUT2D eigenvalue weighted by Gasteiger charge is -2.08. The second-order valence-electron chi connectivity index (χ2n) is 5.63. The van der Waals surface area contributed by atoms with Gasteiger partial charge in [-0.15, -0.1) is 0 Å². The molecule has 26 heavy (non-hydrogen) atoms. The van der Waals surface area contributed by atoms with Crippen molar-refractivity contribution < 1.29 is 18.3 Å². The predicted molar refractivity (Wildman–Crippen MR) is 93.7 cm³/mol. The smallest absolute Gasteiger partial charge is 0.387 e. The van der Waals surface area contributed by atoms with Crippen molar-refractivity contribution >= 4 is 16.7 Å². The Hall–Kier alpha value is -3.22. The molecule has 0 saturated carbocycles. The van der Waals surface area contributed by atoms with Gasteiger partial charge in [-0.1, -0.05) is 30.3 Å². The number of alkyl halides is 2. The van der Waals surface area contributed by atoms with E-state index in [4.69, 9.17) is 0 Å². The summed E-state index contributed by atoms with van der Waals surface area (Å²) in [6.07, 6.45) is 0.512. The molecule has 0 radical (unpaired) electrons. The molecule has 2 aromatic carbocycles. The summed E-state index contributed by atoms with van der Waals surface area (Å²) in [6.45, 7) is -2.52. The van der Waals surface area contributed by atoms with Crippen molar-refractivity contribution in [2.75, 3.05) is 6.54 Å². The number of ether oxygens (including phenoxy) is 1. The zero-order chi connectivity index (χ0) is 18.5. The lowest BCUT2D eigenvalue weighted by atomic mass is 10.1. The highest BCUT2D eigenvalue weighted by molar-refractivity contribution is 5.96. The van der Waals surface area contributed by atoms with E-state index in [0.29, 0.717) is 23.7 Å². The number of fused-ring (bicyclic) bond motifs is 1. The van der Waals surface area contributed by atoms with Crippen molar-refractivity contribution in [3.8, 4) is 5.75 Å². The van der Waals surface area contributed by atoms with E-state index < -0.39 is 6.61 Å². The van der Waals surface area contributed by atoms with Crippen molar-refractivity contribution in [2.45, 2.75) is 13.0 Å². The lowest BCUT2D eigenvalue weighted by molar-refractivity contribution is -0.0498. The average Bonchev–Trinajstić information content (AvgIpc) is 2.62. The van der Waals surface area contributed by atoms with E-state index in [1.807, 2.05) is 0 Å². The number of H-pyrrole nitrogens is 1. The fourth-order valence-electron chi connectivity index (χ4n) is 2.59. The van der Waals surface area contributed by atoms with Gasteiger partial charge in [0.25, 0.3) is 11.5 Å². The van der Waals surface area contributed by atoms with E-state index >= 15 is 0 Å². The Morgan fingerprint density at radius 1 is 1.12 bits per heavy atom. The molecule has 0 fully saturated rings. The zero-order valence-electron chi connectivity index (χ0n) is 13.7. The van der Waals surface area contributed by atoms with Gasteiger partial charge in [0.05, 0.1) is 0 Å². The number of hydrogen-bond acceptors (Lipinski definition) is 3. The minimum absolute atomic E-state index is 0.0847. The van der Waals surface area contributed by atoms with Crippen LogP contribution < -0.4 is 15.6 Å². The topological polar surface area (TPSA) is 71.2 Å². The monoisotopic (exact) mass is 358 g/mol. The Morgan fingerprint density at radius 3 is 2.58 bits per heavy atom. The lowest BCUT2D eigenvalue weighted by Crippen LogP contribution is -2.28. The second kappa shape index (κ2) is 7.77. The molecule has 0 saturated heterocycles. The van der Waals surface area contributed by atoms with Gasteiger partial charge in [0, 0.05) is 11.9 Å². The summed E-state index contributed by atoms with van der Waals surface area (Å²) in [5.74, 6) is -0.299. The number of rotatable bonds is 6. The quantitative estimate of drug-likeness (QED) is 0.711. The molecule has 2 N–H and O–H groups in total. The third-order valence-corrected chi connectivity index (χ3v) is 3.85. The Bertz CT molecular complexity index is 968. The number of hydrogen-bond donors (Lipinski definition) is 2. The number of pyridine rings is 1. The number of carbonyl (C=O) groups is 1. The molecule has 0 unspecified atom stereocenters. The van der Waals surface area contributed by atoms with Gasteiger partial charge in [-0.05, 0) is 41.6 Å². The van der Waals surface area contributed by atoms with Crippen LogP contribution in [0.25, 0.3) is 10.8 Å². The standard InChI is InChI=1S/C19H16F2N2O3/c20-19(21)26-14-7-5-12(6-8-14)9-10-22-18(25)16-11-13-3-1-2-4-15(13)17(24)23-16/h1-8,11,19H,9-10H2,(H,22,25)(H,23,24). The number of nitrogens with one attached hydrogen (secondary N) is 2. The summed E-state index contributed by atoms with van der Waals surface area (Å²) in [4.78, 5) is 26.8. The summed E-state index contributed by atoms with van der Waals surface area (Å²) >= 11 is 0. The first kappa shape index (κ1) is 17.6. The normalized spacial score (nSPS) is 10.9. The van der Waals surface area contributed by atoms with Crippen LogP contribution in [-0.4, -0.2) is 24.0 Å². The summed E-state index contributed by atoms with van der Waals surface area (Å²) < 4.78 is 28.5. The molecule has 0 bridgehead atoms. The van der Waals surface area contributed by atoms with Crippen LogP contribution in [0.15, 0.2) is 59.4 Å². The molecular formula is C19H16F2N2O3. The number of aromatic nitrogens is 1. The molecule has 5 nitrogen and oxygen atoms in total. The van der Waals surface area contributed by atoms with E-state index in [1.165, 1.54) is 12.1 Å². The third-order valence-electron chi connectivity index (χ3n) is 3.85.